The monoisotopic (exact) mass is 594 g/mol. The van der Waals surface area contributed by atoms with Crippen molar-refractivity contribution in [2.24, 2.45) is 11.8 Å². The maximum Gasteiger partial charge on any atom is 0.230 e. The largest absolute Gasteiger partial charge is 0.378 e. The maximum atomic E-state index is 14.5. The van der Waals surface area contributed by atoms with Crippen LogP contribution in [0.3, 0.4) is 0 Å². The van der Waals surface area contributed by atoms with Crippen LogP contribution >= 0.6 is 23.2 Å². The number of nitrogens with zero attached hydrogens (tertiary/aromatic N) is 6. The summed E-state index contributed by atoms with van der Waals surface area (Å²) in [6.07, 6.45) is 3.42. The molecule has 3 fully saturated rings. The molecule has 7 rings (SSSR count). The van der Waals surface area contributed by atoms with E-state index in [1.165, 1.54) is 0 Å². The van der Waals surface area contributed by atoms with Crippen molar-refractivity contribution in [2.45, 2.75) is 31.6 Å². The number of hydrogen-bond acceptors (Lipinski definition) is 7. The third-order valence-electron chi connectivity index (χ3n) is 8.70. The molecule has 0 saturated carbocycles. The number of tetrazole rings is 1. The van der Waals surface area contributed by atoms with Gasteiger partial charge in [-0.1, -0.05) is 59.6 Å². The zero-order valence-corrected chi connectivity index (χ0v) is 24.0. The van der Waals surface area contributed by atoms with Gasteiger partial charge in [0.2, 0.25) is 11.8 Å². The highest BCUT2D eigenvalue weighted by Crippen LogP contribution is 2.54. The van der Waals surface area contributed by atoms with Crippen LogP contribution < -0.4 is 0 Å². The Morgan fingerprint density at radius 2 is 1.88 bits per heavy atom. The number of carbonyl (C=O) groups is 2. The highest BCUT2D eigenvalue weighted by Gasteiger charge is 2.68. The first-order valence-corrected chi connectivity index (χ1v) is 14.4. The molecule has 1 aromatic heterocycles. The number of morpholine rings is 1. The van der Waals surface area contributed by atoms with E-state index in [0.717, 1.165) is 16.8 Å². The Labute approximate surface area is 246 Å². The molecule has 5 heterocycles. The first-order chi connectivity index (χ1) is 19.8. The Hall–Kier alpha value is -3.31. The van der Waals surface area contributed by atoms with E-state index in [1.807, 2.05) is 44.2 Å². The Bertz CT molecular complexity index is 1570. The molecular formula is C29H28Cl2N6O4. The van der Waals surface area contributed by atoms with E-state index in [4.69, 9.17) is 32.7 Å². The lowest BCUT2D eigenvalue weighted by molar-refractivity contribution is -0.146. The summed E-state index contributed by atoms with van der Waals surface area (Å²) >= 11 is 13.1. The number of carbonyl (C=O) groups excluding carboxylic acids is 2. The molecule has 0 unspecified atom stereocenters. The van der Waals surface area contributed by atoms with Crippen molar-refractivity contribution in [3.05, 3.63) is 81.1 Å². The van der Waals surface area contributed by atoms with E-state index in [-0.39, 0.29) is 18.4 Å². The van der Waals surface area contributed by atoms with E-state index in [2.05, 4.69) is 15.5 Å². The fourth-order valence-electron chi connectivity index (χ4n) is 6.86. The van der Waals surface area contributed by atoms with Crippen LogP contribution in [0.4, 0.5) is 0 Å². The van der Waals surface area contributed by atoms with Crippen LogP contribution in [0.2, 0.25) is 10.0 Å². The van der Waals surface area contributed by atoms with Crippen LogP contribution in [0.15, 0.2) is 48.6 Å². The number of rotatable bonds is 5. The standard InChI is InChI=1S/C29H28Cl2N6O4/c1-16-4-3-5-17(2)24(16)37-26(32-33-34-37)25(19-7-6-18(30)14-20(19)31)36-15-29-9-8-21(41-29)22(23(29)28(36)39)27(38)35-10-12-40-13-11-35/h3-9,14,21-23,25H,10-13,15H2,1-2H3/t21-,22-,23-,25-,29-/m1/s1. The number of para-hydroxylation sites is 1. The van der Waals surface area contributed by atoms with Gasteiger partial charge in [0.1, 0.15) is 11.6 Å². The molecule has 10 nitrogen and oxygen atoms in total. The zero-order chi connectivity index (χ0) is 28.5. The smallest absolute Gasteiger partial charge is 0.230 e. The summed E-state index contributed by atoms with van der Waals surface area (Å²) in [6.45, 7) is 6.15. The number of ether oxygens (including phenoxy) is 2. The molecule has 4 aliphatic rings. The quantitative estimate of drug-likeness (QED) is 0.417. The second kappa shape index (κ2) is 9.90. The summed E-state index contributed by atoms with van der Waals surface area (Å²) in [6, 6.07) is 10.4. The number of hydrogen-bond donors (Lipinski definition) is 0. The molecule has 0 radical (unpaired) electrons. The van der Waals surface area contributed by atoms with Gasteiger partial charge in [-0.05, 0) is 47.5 Å². The van der Waals surface area contributed by atoms with Gasteiger partial charge in [0.25, 0.3) is 0 Å². The zero-order valence-electron chi connectivity index (χ0n) is 22.5. The minimum absolute atomic E-state index is 0.0776. The van der Waals surface area contributed by atoms with E-state index in [1.54, 1.807) is 32.7 Å². The molecule has 5 atom stereocenters. The topological polar surface area (TPSA) is 103 Å². The third kappa shape index (κ3) is 4.11. The Morgan fingerprint density at radius 3 is 2.61 bits per heavy atom. The minimum atomic E-state index is -0.928. The number of aryl methyl sites for hydroxylation is 2. The third-order valence-corrected chi connectivity index (χ3v) is 9.26. The highest BCUT2D eigenvalue weighted by molar-refractivity contribution is 6.35. The fourth-order valence-corrected chi connectivity index (χ4v) is 7.37. The molecular weight excluding hydrogens is 567 g/mol. The molecule has 3 aromatic rings. The van der Waals surface area contributed by atoms with Crippen molar-refractivity contribution >= 4 is 35.0 Å². The first kappa shape index (κ1) is 26.6. The van der Waals surface area contributed by atoms with Gasteiger partial charge in [-0.3, -0.25) is 9.59 Å². The van der Waals surface area contributed by atoms with Gasteiger partial charge in [0, 0.05) is 28.7 Å². The van der Waals surface area contributed by atoms with Gasteiger partial charge < -0.3 is 19.3 Å². The van der Waals surface area contributed by atoms with Crippen molar-refractivity contribution in [1.29, 1.82) is 0 Å². The van der Waals surface area contributed by atoms with Crippen LogP contribution in [0, 0.1) is 25.7 Å². The summed E-state index contributed by atoms with van der Waals surface area (Å²) in [7, 11) is 0. The van der Waals surface area contributed by atoms with Crippen LogP contribution in [-0.2, 0) is 19.1 Å². The molecule has 0 aliphatic carbocycles. The van der Waals surface area contributed by atoms with Crippen molar-refractivity contribution in [3.8, 4) is 5.69 Å². The maximum absolute atomic E-state index is 14.5. The summed E-state index contributed by atoms with van der Waals surface area (Å²) in [5.41, 5.74) is 2.47. The lowest BCUT2D eigenvalue weighted by atomic mass is 9.76. The molecule has 12 heteroatoms. The first-order valence-electron chi connectivity index (χ1n) is 13.6. The average Bonchev–Trinajstić information content (AvgIpc) is 3.72. The Morgan fingerprint density at radius 1 is 1.12 bits per heavy atom. The Kier molecular flexibility index (Phi) is 6.42. The van der Waals surface area contributed by atoms with Crippen molar-refractivity contribution < 1.29 is 19.1 Å². The Balaban J connectivity index is 1.34. The SMILES string of the molecule is Cc1cccc(C)c1-n1nnnc1[C@@H](c1ccc(Cl)cc1Cl)N1C[C@@]23C=C[C@@H](O2)[C@@H](C(=O)N2CCOCC2)[C@@H]3C1=O. The lowest BCUT2D eigenvalue weighted by Gasteiger charge is -2.33. The van der Waals surface area contributed by atoms with Crippen molar-refractivity contribution in [1.82, 2.24) is 30.0 Å². The van der Waals surface area contributed by atoms with E-state index >= 15 is 0 Å². The number of likely N-dealkylation sites (tertiary alicyclic amines) is 1. The molecule has 41 heavy (non-hydrogen) atoms. The molecule has 2 bridgehead atoms. The number of aromatic nitrogens is 4. The summed E-state index contributed by atoms with van der Waals surface area (Å²) in [5.74, 6) is -1.15. The van der Waals surface area contributed by atoms with E-state index < -0.39 is 29.6 Å². The molecule has 2 aromatic carbocycles. The molecule has 212 valence electrons. The van der Waals surface area contributed by atoms with Crippen molar-refractivity contribution in [3.63, 3.8) is 0 Å². The second-order valence-corrected chi connectivity index (χ2v) is 11.9. The van der Waals surface area contributed by atoms with Crippen LogP contribution in [0.5, 0.6) is 0 Å². The number of benzene rings is 2. The lowest BCUT2D eigenvalue weighted by Crippen LogP contribution is -2.49. The average molecular weight is 595 g/mol. The molecule has 4 aliphatic heterocycles. The predicted octanol–water partition coefficient (Wildman–Crippen LogP) is 3.32. The van der Waals surface area contributed by atoms with Crippen LogP contribution in [0.25, 0.3) is 5.69 Å². The number of fused-ring (bicyclic) bond motifs is 1. The van der Waals surface area contributed by atoms with Crippen LogP contribution in [-0.4, -0.2) is 86.4 Å². The van der Waals surface area contributed by atoms with Gasteiger partial charge >= 0.3 is 0 Å². The van der Waals surface area contributed by atoms with E-state index in [0.29, 0.717) is 47.7 Å². The van der Waals surface area contributed by atoms with Gasteiger partial charge in [0.15, 0.2) is 5.82 Å². The fraction of sp³-hybridized carbons (Fsp3) is 0.414. The van der Waals surface area contributed by atoms with Gasteiger partial charge in [0.05, 0.1) is 43.4 Å². The van der Waals surface area contributed by atoms with E-state index in [9.17, 15) is 9.59 Å². The summed E-state index contributed by atoms with van der Waals surface area (Å²) in [5, 5.41) is 13.7. The van der Waals surface area contributed by atoms with Gasteiger partial charge in [-0.15, -0.1) is 5.10 Å². The molecule has 2 amide bonds. The molecule has 0 N–H and O–H groups in total. The molecule has 3 saturated heterocycles. The predicted molar refractivity (Wildman–Crippen MR) is 150 cm³/mol. The highest BCUT2D eigenvalue weighted by atomic mass is 35.5. The summed E-state index contributed by atoms with van der Waals surface area (Å²) in [4.78, 5) is 31.8. The minimum Gasteiger partial charge on any atom is -0.378 e. The number of amides is 2. The summed E-state index contributed by atoms with van der Waals surface area (Å²) < 4.78 is 13.6. The van der Waals surface area contributed by atoms with Gasteiger partial charge in [-0.25, -0.2) is 0 Å². The normalized spacial score (nSPS) is 27.5. The van der Waals surface area contributed by atoms with Crippen molar-refractivity contribution in [2.75, 3.05) is 32.8 Å². The van der Waals surface area contributed by atoms with Crippen LogP contribution in [0.1, 0.15) is 28.6 Å². The number of halogens is 2. The second-order valence-electron chi connectivity index (χ2n) is 11.1. The van der Waals surface area contributed by atoms with Gasteiger partial charge in [-0.2, -0.15) is 4.68 Å². The molecule has 1 spiro atoms.